The molecule has 0 fully saturated rings. The van der Waals surface area contributed by atoms with Crippen molar-refractivity contribution in [3.05, 3.63) is 89.4 Å². The highest BCUT2D eigenvalue weighted by Gasteiger charge is 2.08. The van der Waals surface area contributed by atoms with Crippen molar-refractivity contribution in [3.8, 4) is 11.3 Å². The Balaban J connectivity index is 1.61. The molecule has 5 nitrogen and oxygen atoms in total. The van der Waals surface area contributed by atoms with Gasteiger partial charge in [-0.15, -0.1) is 0 Å². The fraction of sp³-hybridized carbons (Fsp3) is 0.0952. The quantitative estimate of drug-likeness (QED) is 0.703. The summed E-state index contributed by atoms with van der Waals surface area (Å²) in [7, 11) is 1.33. The summed E-state index contributed by atoms with van der Waals surface area (Å²) < 4.78 is 17.6. The minimum Gasteiger partial charge on any atom is -0.465 e. The highest BCUT2D eigenvalue weighted by Crippen LogP contribution is 2.17. The zero-order valence-electron chi connectivity index (χ0n) is 14.6. The molecule has 0 saturated heterocycles. The van der Waals surface area contributed by atoms with E-state index in [9.17, 15) is 14.0 Å². The molecule has 6 heteroatoms. The van der Waals surface area contributed by atoms with E-state index in [-0.39, 0.29) is 11.7 Å². The number of rotatable bonds is 5. The predicted octanol–water partition coefficient (Wildman–Crippen LogP) is 3.60. The molecule has 1 N–H and O–H groups in total. The van der Waals surface area contributed by atoms with Crippen molar-refractivity contribution in [2.45, 2.75) is 6.54 Å². The second-order valence-corrected chi connectivity index (χ2v) is 5.81. The molecule has 0 saturated carbocycles. The molecule has 2 aromatic carbocycles. The maximum absolute atomic E-state index is 13.0. The van der Waals surface area contributed by atoms with E-state index in [0.29, 0.717) is 23.4 Å². The number of hydrogen-bond acceptors (Lipinski definition) is 4. The first-order valence-corrected chi connectivity index (χ1v) is 8.24. The summed E-state index contributed by atoms with van der Waals surface area (Å²) in [6.45, 7) is 0.319. The number of methoxy groups -OCH3 is 1. The summed E-state index contributed by atoms with van der Waals surface area (Å²) in [5.41, 5.74) is 3.16. The van der Waals surface area contributed by atoms with Crippen LogP contribution in [-0.2, 0) is 11.3 Å². The van der Waals surface area contributed by atoms with Crippen molar-refractivity contribution in [1.82, 2.24) is 10.3 Å². The predicted molar refractivity (Wildman–Crippen MR) is 98.6 cm³/mol. The summed E-state index contributed by atoms with van der Waals surface area (Å²) in [5.74, 6) is -0.975. The molecule has 0 spiro atoms. The Morgan fingerprint density at radius 2 is 1.63 bits per heavy atom. The molecule has 0 unspecified atom stereocenters. The first kappa shape index (κ1) is 18.3. The van der Waals surface area contributed by atoms with Crippen LogP contribution in [0.25, 0.3) is 11.3 Å². The zero-order chi connectivity index (χ0) is 19.2. The number of hydrogen-bond donors (Lipinski definition) is 1. The van der Waals surface area contributed by atoms with Gasteiger partial charge >= 0.3 is 5.97 Å². The van der Waals surface area contributed by atoms with Gasteiger partial charge in [0.1, 0.15) is 5.82 Å². The maximum atomic E-state index is 13.0. The average molecular weight is 364 g/mol. The molecular formula is C21H17FN2O3. The van der Waals surface area contributed by atoms with E-state index in [1.54, 1.807) is 48.5 Å². The number of amides is 1. The average Bonchev–Trinajstić information content (AvgIpc) is 2.72. The molecule has 0 atom stereocenters. The fourth-order valence-corrected chi connectivity index (χ4v) is 2.48. The number of nitrogens with zero attached hydrogens (tertiary/aromatic N) is 1. The SMILES string of the molecule is COC(=O)c1ccc(CNC(=O)c2ccc(-c3ccc(F)cc3)nc2)cc1. The molecule has 0 radical (unpaired) electrons. The second-order valence-electron chi connectivity index (χ2n) is 5.81. The molecule has 1 amide bonds. The summed E-state index contributed by atoms with van der Waals surface area (Å²) >= 11 is 0. The number of carbonyl (C=O) groups is 2. The number of esters is 1. The van der Waals surface area contributed by atoms with Crippen LogP contribution < -0.4 is 5.32 Å². The Labute approximate surface area is 155 Å². The van der Waals surface area contributed by atoms with Crippen molar-refractivity contribution in [2.75, 3.05) is 7.11 Å². The van der Waals surface area contributed by atoms with Crippen LogP contribution in [0.15, 0.2) is 66.9 Å². The van der Waals surface area contributed by atoms with E-state index in [2.05, 4.69) is 15.0 Å². The van der Waals surface area contributed by atoms with E-state index in [1.807, 2.05) is 0 Å². The Hall–Kier alpha value is -3.54. The summed E-state index contributed by atoms with van der Waals surface area (Å²) in [5, 5.41) is 2.80. The molecule has 1 aromatic heterocycles. The van der Waals surface area contributed by atoms with Crippen molar-refractivity contribution in [2.24, 2.45) is 0 Å². The number of pyridine rings is 1. The summed E-state index contributed by atoms with van der Waals surface area (Å²) in [4.78, 5) is 27.9. The number of ether oxygens (including phenoxy) is 1. The minimum atomic E-state index is -0.405. The van der Waals surface area contributed by atoms with Crippen LogP contribution >= 0.6 is 0 Å². The molecule has 1 heterocycles. The fourth-order valence-electron chi connectivity index (χ4n) is 2.48. The molecule has 0 aliphatic heterocycles. The lowest BCUT2D eigenvalue weighted by Gasteiger charge is -2.07. The van der Waals surface area contributed by atoms with Gasteiger partial charge in [0.05, 0.1) is 23.9 Å². The van der Waals surface area contributed by atoms with E-state index < -0.39 is 5.97 Å². The number of nitrogens with one attached hydrogen (secondary N) is 1. The first-order chi connectivity index (χ1) is 13.1. The molecular weight excluding hydrogens is 347 g/mol. The first-order valence-electron chi connectivity index (χ1n) is 8.24. The van der Waals surface area contributed by atoms with Gasteiger partial charge in [-0.2, -0.15) is 0 Å². The van der Waals surface area contributed by atoms with Gasteiger partial charge in [0.2, 0.25) is 0 Å². The zero-order valence-corrected chi connectivity index (χ0v) is 14.6. The van der Waals surface area contributed by atoms with Gasteiger partial charge in [0, 0.05) is 18.3 Å². The van der Waals surface area contributed by atoms with Crippen LogP contribution in [0.4, 0.5) is 4.39 Å². The topological polar surface area (TPSA) is 68.3 Å². The van der Waals surface area contributed by atoms with Crippen LogP contribution in [0, 0.1) is 5.82 Å². The lowest BCUT2D eigenvalue weighted by Crippen LogP contribution is -2.22. The Morgan fingerprint density at radius 1 is 0.963 bits per heavy atom. The highest BCUT2D eigenvalue weighted by atomic mass is 19.1. The monoisotopic (exact) mass is 364 g/mol. The Bertz CT molecular complexity index is 937. The van der Waals surface area contributed by atoms with Crippen LogP contribution in [0.3, 0.4) is 0 Å². The Morgan fingerprint density at radius 3 is 2.22 bits per heavy atom. The van der Waals surface area contributed by atoms with Gasteiger partial charge in [-0.1, -0.05) is 12.1 Å². The van der Waals surface area contributed by atoms with Crippen LogP contribution in [-0.4, -0.2) is 24.0 Å². The van der Waals surface area contributed by atoms with E-state index in [1.165, 1.54) is 25.4 Å². The van der Waals surface area contributed by atoms with Crippen LogP contribution in [0.1, 0.15) is 26.3 Å². The highest BCUT2D eigenvalue weighted by molar-refractivity contribution is 5.94. The van der Waals surface area contributed by atoms with Gasteiger partial charge in [-0.25, -0.2) is 9.18 Å². The molecule has 136 valence electrons. The van der Waals surface area contributed by atoms with Gasteiger partial charge in [-0.3, -0.25) is 9.78 Å². The molecule has 0 aliphatic rings. The molecule has 0 bridgehead atoms. The van der Waals surface area contributed by atoms with E-state index in [0.717, 1.165) is 11.1 Å². The third-order valence-corrected chi connectivity index (χ3v) is 3.99. The van der Waals surface area contributed by atoms with Gasteiger partial charge in [0.25, 0.3) is 5.91 Å². The normalized spacial score (nSPS) is 10.3. The lowest BCUT2D eigenvalue weighted by molar-refractivity contribution is 0.0600. The lowest BCUT2D eigenvalue weighted by atomic mass is 10.1. The number of carbonyl (C=O) groups excluding carboxylic acids is 2. The van der Waals surface area contributed by atoms with Crippen molar-refractivity contribution < 1.29 is 18.7 Å². The van der Waals surface area contributed by atoms with Crippen molar-refractivity contribution in [1.29, 1.82) is 0 Å². The third kappa shape index (κ3) is 4.55. The van der Waals surface area contributed by atoms with Gasteiger partial charge in [0.15, 0.2) is 0 Å². The second kappa shape index (κ2) is 8.23. The standard InChI is InChI=1S/C21H17FN2O3/c1-27-21(26)16-4-2-14(3-5-16)12-24-20(25)17-8-11-19(23-13-17)15-6-9-18(22)10-7-15/h2-11,13H,12H2,1H3,(H,24,25). The third-order valence-electron chi connectivity index (χ3n) is 3.99. The maximum Gasteiger partial charge on any atom is 0.337 e. The van der Waals surface area contributed by atoms with Gasteiger partial charge in [-0.05, 0) is 54.1 Å². The summed E-state index contributed by atoms with van der Waals surface area (Å²) in [6, 6.07) is 16.2. The van der Waals surface area contributed by atoms with E-state index >= 15 is 0 Å². The molecule has 3 rings (SSSR count). The summed E-state index contributed by atoms with van der Waals surface area (Å²) in [6.07, 6.45) is 1.48. The van der Waals surface area contributed by atoms with Gasteiger partial charge < -0.3 is 10.1 Å². The van der Waals surface area contributed by atoms with Crippen LogP contribution in [0.2, 0.25) is 0 Å². The smallest absolute Gasteiger partial charge is 0.337 e. The van der Waals surface area contributed by atoms with Crippen LogP contribution in [0.5, 0.6) is 0 Å². The Kier molecular flexibility index (Phi) is 5.56. The number of benzene rings is 2. The minimum absolute atomic E-state index is 0.259. The molecule has 3 aromatic rings. The number of halogens is 1. The van der Waals surface area contributed by atoms with E-state index in [4.69, 9.17) is 0 Å². The largest absolute Gasteiger partial charge is 0.465 e. The number of aromatic nitrogens is 1. The van der Waals surface area contributed by atoms with Crippen molar-refractivity contribution in [3.63, 3.8) is 0 Å². The van der Waals surface area contributed by atoms with Crippen molar-refractivity contribution >= 4 is 11.9 Å². The molecule has 27 heavy (non-hydrogen) atoms. The molecule has 0 aliphatic carbocycles.